The molecule has 4 heteroatoms. The first-order valence-corrected chi connectivity index (χ1v) is 7.76. The van der Waals surface area contributed by atoms with Gasteiger partial charge in [-0.2, -0.15) is 0 Å². The van der Waals surface area contributed by atoms with Gasteiger partial charge in [-0.05, 0) is 50.7 Å². The summed E-state index contributed by atoms with van der Waals surface area (Å²) >= 11 is 0. The van der Waals surface area contributed by atoms with Gasteiger partial charge in [0.2, 0.25) is 0 Å². The van der Waals surface area contributed by atoms with E-state index in [1.54, 1.807) is 20.3 Å². The minimum Gasteiger partial charge on any atom is -0.497 e. The highest BCUT2D eigenvalue weighted by molar-refractivity contribution is 5.94. The molecule has 0 aliphatic carbocycles. The number of esters is 1. The Morgan fingerprint density at radius 3 is 2.64 bits per heavy atom. The van der Waals surface area contributed by atoms with Gasteiger partial charge in [-0.25, -0.2) is 4.79 Å². The van der Waals surface area contributed by atoms with E-state index in [0.717, 1.165) is 37.7 Å². The van der Waals surface area contributed by atoms with E-state index in [1.165, 1.54) is 0 Å². The van der Waals surface area contributed by atoms with Crippen molar-refractivity contribution in [3.8, 4) is 11.5 Å². The molecule has 0 radical (unpaired) electrons. The fraction of sp³-hybridized carbons (Fsp3) is 0.500. The maximum Gasteiger partial charge on any atom is 0.342 e. The van der Waals surface area contributed by atoms with Gasteiger partial charge in [-0.1, -0.05) is 12.2 Å². The fourth-order valence-electron chi connectivity index (χ4n) is 2.65. The van der Waals surface area contributed by atoms with E-state index in [0.29, 0.717) is 17.1 Å². The lowest BCUT2D eigenvalue weighted by Gasteiger charge is -2.18. The van der Waals surface area contributed by atoms with E-state index in [-0.39, 0.29) is 12.1 Å². The van der Waals surface area contributed by atoms with E-state index in [9.17, 15) is 4.79 Å². The summed E-state index contributed by atoms with van der Waals surface area (Å²) < 4.78 is 16.3. The standard InChI is InChI=1S/C18H24O4/c1-13-9-7-5-4-6-8-10-14-11-15(20-2)12-16(21-3)17(14)18(19)22-13/h4,6,11-13H,5,7-10H2,1-3H3/b6-4+/t13-/m1/s1. The highest BCUT2D eigenvalue weighted by Crippen LogP contribution is 2.31. The lowest BCUT2D eigenvalue weighted by atomic mass is 10.00. The van der Waals surface area contributed by atoms with Gasteiger partial charge in [0.05, 0.1) is 20.3 Å². The van der Waals surface area contributed by atoms with Crippen LogP contribution in [0.3, 0.4) is 0 Å². The number of methoxy groups -OCH3 is 2. The summed E-state index contributed by atoms with van der Waals surface area (Å²) in [6.45, 7) is 1.93. The second kappa shape index (κ2) is 7.87. The molecule has 1 aliphatic heterocycles. The molecule has 0 N–H and O–H groups in total. The van der Waals surface area contributed by atoms with Crippen LogP contribution in [0.25, 0.3) is 0 Å². The molecule has 0 unspecified atom stereocenters. The summed E-state index contributed by atoms with van der Waals surface area (Å²) in [4.78, 5) is 12.6. The van der Waals surface area contributed by atoms with E-state index in [2.05, 4.69) is 12.2 Å². The Morgan fingerprint density at radius 1 is 1.14 bits per heavy atom. The van der Waals surface area contributed by atoms with Crippen molar-refractivity contribution in [2.75, 3.05) is 14.2 Å². The highest BCUT2D eigenvalue weighted by Gasteiger charge is 2.22. The second-order valence-electron chi connectivity index (χ2n) is 5.52. The Balaban J connectivity index is 2.43. The number of carbonyl (C=O) groups is 1. The predicted molar refractivity (Wildman–Crippen MR) is 85.7 cm³/mol. The smallest absolute Gasteiger partial charge is 0.342 e. The maximum absolute atomic E-state index is 12.6. The molecular weight excluding hydrogens is 280 g/mol. The quantitative estimate of drug-likeness (QED) is 0.613. The molecule has 1 aromatic carbocycles. The minimum absolute atomic E-state index is 0.0972. The molecule has 0 fully saturated rings. The van der Waals surface area contributed by atoms with Crippen LogP contribution in [-0.2, 0) is 11.2 Å². The van der Waals surface area contributed by atoms with Crippen molar-refractivity contribution in [2.45, 2.75) is 45.1 Å². The molecule has 1 heterocycles. The molecule has 0 bridgehead atoms. The van der Waals surface area contributed by atoms with Crippen molar-refractivity contribution in [2.24, 2.45) is 0 Å². The first-order chi connectivity index (χ1) is 10.7. The number of cyclic esters (lactones) is 1. The third kappa shape index (κ3) is 4.03. The third-order valence-electron chi connectivity index (χ3n) is 3.85. The van der Waals surface area contributed by atoms with Crippen LogP contribution in [0.1, 0.15) is 48.5 Å². The van der Waals surface area contributed by atoms with Crippen molar-refractivity contribution in [3.63, 3.8) is 0 Å². The molecule has 1 aromatic rings. The molecule has 120 valence electrons. The summed E-state index contributed by atoms with van der Waals surface area (Å²) in [5.41, 5.74) is 1.42. The van der Waals surface area contributed by atoms with Crippen LogP contribution < -0.4 is 9.47 Å². The van der Waals surface area contributed by atoms with Crippen molar-refractivity contribution < 1.29 is 19.0 Å². The number of benzene rings is 1. The van der Waals surface area contributed by atoms with Crippen molar-refractivity contribution in [3.05, 3.63) is 35.4 Å². The number of fused-ring (bicyclic) bond motifs is 1. The molecule has 22 heavy (non-hydrogen) atoms. The summed E-state index contributed by atoms with van der Waals surface area (Å²) in [5.74, 6) is 0.881. The van der Waals surface area contributed by atoms with Crippen LogP contribution in [0.15, 0.2) is 24.3 Å². The highest BCUT2D eigenvalue weighted by atomic mass is 16.5. The van der Waals surface area contributed by atoms with E-state index < -0.39 is 0 Å². The molecule has 0 saturated heterocycles. The Kier molecular flexibility index (Phi) is 5.87. The zero-order valence-electron chi connectivity index (χ0n) is 13.6. The average Bonchev–Trinajstić information content (AvgIpc) is 2.51. The van der Waals surface area contributed by atoms with Gasteiger partial charge < -0.3 is 14.2 Å². The number of carbonyl (C=O) groups excluding carboxylic acids is 1. The molecule has 0 saturated carbocycles. The Bertz CT molecular complexity index is 548. The largest absolute Gasteiger partial charge is 0.497 e. The van der Waals surface area contributed by atoms with E-state index in [1.807, 2.05) is 13.0 Å². The zero-order valence-corrected chi connectivity index (χ0v) is 13.6. The molecule has 2 rings (SSSR count). The van der Waals surface area contributed by atoms with Crippen LogP contribution in [0, 0.1) is 0 Å². The molecule has 4 nitrogen and oxygen atoms in total. The van der Waals surface area contributed by atoms with Gasteiger partial charge in [0.1, 0.15) is 17.1 Å². The SMILES string of the molecule is COc1cc2c(c(OC)c1)C(=O)O[C@H](C)CCC/C=C/CC2. The van der Waals surface area contributed by atoms with Gasteiger partial charge in [0.15, 0.2) is 0 Å². The average molecular weight is 304 g/mol. The zero-order chi connectivity index (χ0) is 15.9. The van der Waals surface area contributed by atoms with Gasteiger partial charge in [-0.3, -0.25) is 0 Å². The second-order valence-corrected chi connectivity index (χ2v) is 5.52. The first-order valence-electron chi connectivity index (χ1n) is 7.76. The molecule has 1 atom stereocenters. The van der Waals surface area contributed by atoms with Crippen LogP contribution in [0.2, 0.25) is 0 Å². The monoisotopic (exact) mass is 304 g/mol. The fourth-order valence-corrected chi connectivity index (χ4v) is 2.65. The Hall–Kier alpha value is -1.97. The summed E-state index contributed by atoms with van der Waals surface area (Å²) in [5, 5.41) is 0. The van der Waals surface area contributed by atoms with E-state index in [4.69, 9.17) is 14.2 Å². The van der Waals surface area contributed by atoms with Gasteiger partial charge in [0, 0.05) is 6.07 Å². The Labute approximate surface area is 132 Å². The summed E-state index contributed by atoms with van der Waals surface area (Å²) in [7, 11) is 3.17. The van der Waals surface area contributed by atoms with Crippen LogP contribution in [-0.4, -0.2) is 26.3 Å². The van der Waals surface area contributed by atoms with Crippen LogP contribution in [0.5, 0.6) is 11.5 Å². The van der Waals surface area contributed by atoms with Gasteiger partial charge >= 0.3 is 5.97 Å². The van der Waals surface area contributed by atoms with Crippen LogP contribution in [0.4, 0.5) is 0 Å². The molecule has 0 amide bonds. The predicted octanol–water partition coefficient (Wildman–Crippen LogP) is 3.92. The van der Waals surface area contributed by atoms with Crippen molar-refractivity contribution in [1.82, 2.24) is 0 Å². The first kappa shape index (κ1) is 16.4. The lowest BCUT2D eigenvalue weighted by Crippen LogP contribution is -2.17. The molecule has 1 aliphatic rings. The Morgan fingerprint density at radius 2 is 1.91 bits per heavy atom. The number of allylic oxidation sites excluding steroid dienone is 2. The molecule has 0 aromatic heterocycles. The minimum atomic E-state index is -0.313. The normalized spacial score (nSPS) is 20.9. The maximum atomic E-state index is 12.6. The summed E-state index contributed by atoms with van der Waals surface area (Å²) in [6, 6.07) is 3.62. The molecular formula is C18H24O4. The van der Waals surface area contributed by atoms with Crippen LogP contribution >= 0.6 is 0 Å². The molecule has 0 spiro atoms. The topological polar surface area (TPSA) is 44.8 Å². The van der Waals surface area contributed by atoms with Crippen molar-refractivity contribution >= 4 is 5.97 Å². The summed E-state index contributed by atoms with van der Waals surface area (Å²) in [6.07, 6.45) is 8.83. The number of ether oxygens (including phenoxy) is 3. The number of hydrogen-bond donors (Lipinski definition) is 0. The van der Waals surface area contributed by atoms with E-state index >= 15 is 0 Å². The number of rotatable bonds is 2. The third-order valence-corrected chi connectivity index (χ3v) is 3.85. The van der Waals surface area contributed by atoms with Crippen molar-refractivity contribution in [1.29, 1.82) is 0 Å². The number of aryl methyl sites for hydroxylation is 1. The van der Waals surface area contributed by atoms with Gasteiger partial charge in [0.25, 0.3) is 0 Å². The number of hydrogen-bond acceptors (Lipinski definition) is 4. The van der Waals surface area contributed by atoms with Gasteiger partial charge in [-0.15, -0.1) is 0 Å². The lowest BCUT2D eigenvalue weighted by molar-refractivity contribution is 0.0316.